The van der Waals surface area contributed by atoms with Crippen LogP contribution in [-0.4, -0.2) is 11.8 Å². The van der Waals surface area contributed by atoms with Crippen LogP contribution in [0.15, 0.2) is 0 Å². The van der Waals surface area contributed by atoms with Crippen LogP contribution < -0.4 is 5.32 Å². The van der Waals surface area contributed by atoms with Gasteiger partial charge in [0.2, 0.25) is 11.8 Å². The highest BCUT2D eigenvalue weighted by Gasteiger charge is 2.55. The molecular formula is C13H21NO2. The maximum absolute atomic E-state index is 12.0. The molecule has 0 aromatic carbocycles. The molecule has 0 aromatic rings. The van der Waals surface area contributed by atoms with Gasteiger partial charge >= 0.3 is 0 Å². The lowest BCUT2D eigenvalue weighted by molar-refractivity contribution is -0.147. The Morgan fingerprint density at radius 3 is 2.44 bits per heavy atom. The van der Waals surface area contributed by atoms with Crippen molar-refractivity contribution < 1.29 is 9.59 Å². The molecule has 0 radical (unpaired) electrons. The summed E-state index contributed by atoms with van der Waals surface area (Å²) in [4.78, 5) is 23.6. The zero-order chi connectivity index (χ0) is 11.9. The van der Waals surface area contributed by atoms with Gasteiger partial charge in [-0.2, -0.15) is 0 Å². The highest BCUT2D eigenvalue weighted by Crippen LogP contribution is 2.57. The summed E-state index contributed by atoms with van der Waals surface area (Å²) in [7, 11) is 0. The van der Waals surface area contributed by atoms with Crippen molar-refractivity contribution in [2.24, 2.45) is 23.2 Å². The van der Waals surface area contributed by atoms with Crippen molar-refractivity contribution >= 4 is 11.8 Å². The number of nitrogens with one attached hydrogen (secondary N) is 1. The van der Waals surface area contributed by atoms with Gasteiger partial charge in [0.1, 0.15) is 0 Å². The van der Waals surface area contributed by atoms with Crippen LogP contribution >= 0.6 is 0 Å². The first-order valence-electron chi connectivity index (χ1n) is 6.35. The zero-order valence-corrected chi connectivity index (χ0v) is 10.4. The van der Waals surface area contributed by atoms with Crippen molar-refractivity contribution in [2.75, 3.05) is 0 Å². The molecule has 1 saturated carbocycles. The van der Waals surface area contributed by atoms with Gasteiger partial charge in [-0.05, 0) is 36.5 Å². The van der Waals surface area contributed by atoms with E-state index in [9.17, 15) is 9.59 Å². The number of amides is 2. The molecule has 2 unspecified atom stereocenters. The third-order valence-electron chi connectivity index (χ3n) is 4.37. The lowest BCUT2D eigenvalue weighted by Crippen LogP contribution is -2.54. The molecule has 90 valence electrons. The van der Waals surface area contributed by atoms with Crippen LogP contribution in [0.3, 0.4) is 0 Å². The number of hydrogen-bond acceptors (Lipinski definition) is 2. The summed E-state index contributed by atoms with van der Waals surface area (Å²) in [5, 5.41) is 2.50. The third-order valence-corrected chi connectivity index (χ3v) is 4.37. The molecule has 2 amide bonds. The normalized spacial score (nSPS) is 35.4. The lowest BCUT2D eigenvalue weighted by Gasteiger charge is -2.44. The fourth-order valence-corrected chi connectivity index (χ4v) is 3.59. The molecule has 1 saturated heterocycles. The van der Waals surface area contributed by atoms with Crippen LogP contribution in [0.2, 0.25) is 0 Å². The molecule has 0 aromatic heterocycles. The molecule has 3 heteroatoms. The molecule has 0 bridgehead atoms. The topological polar surface area (TPSA) is 46.2 Å². The van der Waals surface area contributed by atoms with Gasteiger partial charge in [0, 0.05) is 12.3 Å². The molecule has 0 spiro atoms. The van der Waals surface area contributed by atoms with E-state index in [4.69, 9.17) is 0 Å². The highest BCUT2D eigenvalue weighted by atomic mass is 16.2. The number of rotatable bonds is 3. The molecule has 2 atom stereocenters. The molecule has 2 fully saturated rings. The minimum absolute atomic E-state index is 0.0164. The average molecular weight is 223 g/mol. The van der Waals surface area contributed by atoms with E-state index < -0.39 is 0 Å². The third kappa shape index (κ3) is 1.66. The summed E-state index contributed by atoms with van der Waals surface area (Å²) in [5.41, 5.74) is -0.0480. The van der Waals surface area contributed by atoms with Crippen molar-refractivity contribution in [1.29, 1.82) is 0 Å². The standard InChI is InChI=1S/C13H21NO2/c1-4-13(9-5-6-9)7-10(15)14-12(16)11(13)8(2)3/h8-9,11H,4-7H2,1-3H3,(H,14,15,16). The number of imide groups is 1. The zero-order valence-electron chi connectivity index (χ0n) is 10.4. The van der Waals surface area contributed by atoms with Gasteiger partial charge in [-0.15, -0.1) is 0 Å². The Morgan fingerprint density at radius 2 is 2.00 bits per heavy atom. The SMILES string of the molecule is CCC1(C2CC2)CC(=O)NC(=O)C1C(C)C. The number of carbonyl (C=O) groups is 2. The summed E-state index contributed by atoms with van der Waals surface area (Å²) in [6, 6.07) is 0. The Hall–Kier alpha value is -0.860. The molecular weight excluding hydrogens is 202 g/mol. The predicted molar refractivity (Wildman–Crippen MR) is 61.5 cm³/mol. The van der Waals surface area contributed by atoms with Gasteiger partial charge in [-0.1, -0.05) is 20.8 Å². The molecule has 1 aliphatic carbocycles. The molecule has 16 heavy (non-hydrogen) atoms. The number of hydrogen-bond donors (Lipinski definition) is 1. The lowest BCUT2D eigenvalue weighted by atomic mass is 9.61. The van der Waals surface area contributed by atoms with Gasteiger partial charge in [0.25, 0.3) is 0 Å². The van der Waals surface area contributed by atoms with Crippen LogP contribution in [0.25, 0.3) is 0 Å². The predicted octanol–water partition coefficient (Wildman–Crippen LogP) is 2.11. The van der Waals surface area contributed by atoms with E-state index >= 15 is 0 Å². The second kappa shape index (κ2) is 3.86. The summed E-state index contributed by atoms with van der Waals surface area (Å²) >= 11 is 0. The Labute approximate surface area is 97.0 Å². The van der Waals surface area contributed by atoms with Gasteiger partial charge in [-0.3, -0.25) is 14.9 Å². The Balaban J connectivity index is 2.35. The minimum Gasteiger partial charge on any atom is -0.296 e. The van der Waals surface area contributed by atoms with Crippen LogP contribution in [-0.2, 0) is 9.59 Å². The van der Waals surface area contributed by atoms with Crippen LogP contribution in [0.5, 0.6) is 0 Å². The van der Waals surface area contributed by atoms with Crippen LogP contribution in [0.4, 0.5) is 0 Å². The van der Waals surface area contributed by atoms with Crippen molar-refractivity contribution in [3.63, 3.8) is 0 Å². The van der Waals surface area contributed by atoms with Gasteiger partial charge in [0.15, 0.2) is 0 Å². The average Bonchev–Trinajstić information content (AvgIpc) is 2.98. The molecule has 3 nitrogen and oxygen atoms in total. The van der Waals surface area contributed by atoms with Crippen molar-refractivity contribution in [3.8, 4) is 0 Å². The maximum atomic E-state index is 12.0. The van der Waals surface area contributed by atoms with E-state index in [0.717, 1.165) is 6.42 Å². The summed E-state index contributed by atoms with van der Waals surface area (Å²) in [6.07, 6.45) is 3.87. The second-order valence-corrected chi connectivity index (χ2v) is 5.67. The highest BCUT2D eigenvalue weighted by molar-refractivity contribution is 6.00. The second-order valence-electron chi connectivity index (χ2n) is 5.67. The van der Waals surface area contributed by atoms with E-state index in [-0.39, 0.29) is 23.1 Å². The number of carbonyl (C=O) groups excluding carboxylic acids is 2. The van der Waals surface area contributed by atoms with Gasteiger partial charge in [-0.25, -0.2) is 0 Å². The van der Waals surface area contributed by atoms with Gasteiger partial charge < -0.3 is 0 Å². The summed E-state index contributed by atoms with van der Waals surface area (Å²) in [5.74, 6) is 0.812. The first-order valence-corrected chi connectivity index (χ1v) is 6.35. The van der Waals surface area contributed by atoms with E-state index in [1.807, 2.05) is 0 Å². The Morgan fingerprint density at radius 1 is 1.38 bits per heavy atom. The van der Waals surface area contributed by atoms with E-state index in [1.165, 1.54) is 12.8 Å². The molecule has 2 aliphatic rings. The Bertz CT molecular complexity index is 320. The molecule has 2 rings (SSSR count). The van der Waals surface area contributed by atoms with Crippen molar-refractivity contribution in [1.82, 2.24) is 5.32 Å². The smallest absolute Gasteiger partial charge is 0.230 e. The quantitative estimate of drug-likeness (QED) is 0.745. The van der Waals surface area contributed by atoms with Crippen LogP contribution in [0.1, 0.15) is 46.5 Å². The van der Waals surface area contributed by atoms with E-state index in [1.54, 1.807) is 0 Å². The first-order chi connectivity index (χ1) is 7.51. The van der Waals surface area contributed by atoms with E-state index in [2.05, 4.69) is 26.1 Å². The molecule has 1 aliphatic heterocycles. The van der Waals surface area contributed by atoms with Crippen molar-refractivity contribution in [3.05, 3.63) is 0 Å². The first kappa shape index (κ1) is 11.6. The minimum atomic E-state index is -0.0735. The largest absolute Gasteiger partial charge is 0.296 e. The molecule has 1 N–H and O–H groups in total. The Kier molecular flexibility index (Phi) is 2.81. The fourth-order valence-electron chi connectivity index (χ4n) is 3.59. The number of piperidine rings is 1. The van der Waals surface area contributed by atoms with Gasteiger partial charge in [0.05, 0.1) is 0 Å². The monoisotopic (exact) mass is 223 g/mol. The summed E-state index contributed by atoms with van der Waals surface area (Å²) < 4.78 is 0. The van der Waals surface area contributed by atoms with Crippen LogP contribution in [0, 0.1) is 23.2 Å². The van der Waals surface area contributed by atoms with Crippen molar-refractivity contribution in [2.45, 2.75) is 46.5 Å². The fraction of sp³-hybridized carbons (Fsp3) is 0.846. The van der Waals surface area contributed by atoms with E-state index in [0.29, 0.717) is 18.3 Å². The maximum Gasteiger partial charge on any atom is 0.230 e. The molecule has 1 heterocycles. The summed E-state index contributed by atoms with van der Waals surface area (Å²) in [6.45, 7) is 6.30.